The Morgan fingerprint density at radius 3 is 2.43 bits per heavy atom. The summed E-state index contributed by atoms with van der Waals surface area (Å²) in [5.74, 6) is 0. The fourth-order valence-corrected chi connectivity index (χ4v) is 5.66. The van der Waals surface area contributed by atoms with Crippen molar-refractivity contribution in [3.05, 3.63) is 66.7 Å². The maximum atomic E-state index is 11.8. The SMILES string of the molecule is CCOC(=O)Oc1cc2c(s1)-c1cc3ccccc3cc1Sc1ccccc1-2. The molecule has 4 aromatic rings. The fourth-order valence-electron chi connectivity index (χ4n) is 3.43. The molecule has 3 aromatic carbocycles. The standard InChI is InChI=1S/C23H16O3S2/c1-2-25-23(24)26-21-13-17-16-9-5-6-10-19(16)27-20-12-15-8-4-3-7-14(15)11-18(20)22(17)28-21/h3-13H,2H2,1H3. The van der Waals surface area contributed by atoms with E-state index < -0.39 is 6.16 Å². The second kappa shape index (κ2) is 7.00. The number of fused-ring (bicyclic) bond motifs is 6. The van der Waals surface area contributed by atoms with E-state index in [1.807, 2.05) is 12.1 Å². The third kappa shape index (κ3) is 2.97. The molecule has 28 heavy (non-hydrogen) atoms. The van der Waals surface area contributed by atoms with Gasteiger partial charge >= 0.3 is 6.16 Å². The van der Waals surface area contributed by atoms with Gasteiger partial charge in [-0.1, -0.05) is 65.6 Å². The molecule has 2 heterocycles. The first kappa shape index (κ1) is 17.3. The largest absolute Gasteiger partial charge is 0.514 e. The van der Waals surface area contributed by atoms with Crippen LogP contribution in [-0.2, 0) is 4.74 Å². The van der Waals surface area contributed by atoms with Crippen molar-refractivity contribution < 1.29 is 14.3 Å². The minimum absolute atomic E-state index is 0.290. The van der Waals surface area contributed by atoms with Crippen molar-refractivity contribution in [1.82, 2.24) is 0 Å². The Hall–Kier alpha value is -2.76. The van der Waals surface area contributed by atoms with Crippen molar-refractivity contribution in [2.45, 2.75) is 16.7 Å². The first-order valence-electron chi connectivity index (χ1n) is 9.02. The molecule has 0 unspecified atom stereocenters. The van der Waals surface area contributed by atoms with Crippen molar-refractivity contribution in [3.63, 3.8) is 0 Å². The molecule has 5 heteroatoms. The van der Waals surface area contributed by atoms with Gasteiger partial charge in [0.1, 0.15) is 0 Å². The first-order chi connectivity index (χ1) is 13.7. The molecule has 0 spiro atoms. The lowest BCUT2D eigenvalue weighted by molar-refractivity contribution is 0.105. The van der Waals surface area contributed by atoms with Crippen molar-refractivity contribution >= 4 is 40.0 Å². The quantitative estimate of drug-likeness (QED) is 0.291. The Bertz CT molecular complexity index is 1210. The van der Waals surface area contributed by atoms with E-state index in [1.165, 1.54) is 37.5 Å². The van der Waals surface area contributed by atoms with Crippen LogP contribution in [-0.4, -0.2) is 12.8 Å². The summed E-state index contributed by atoms with van der Waals surface area (Å²) in [5.41, 5.74) is 3.40. The van der Waals surface area contributed by atoms with E-state index >= 15 is 0 Å². The van der Waals surface area contributed by atoms with E-state index in [1.54, 1.807) is 18.7 Å². The molecule has 0 saturated carbocycles. The lowest BCUT2D eigenvalue weighted by Crippen LogP contribution is -2.08. The van der Waals surface area contributed by atoms with Crippen LogP contribution in [0.15, 0.2) is 76.5 Å². The summed E-state index contributed by atoms with van der Waals surface area (Å²) >= 11 is 3.26. The summed E-state index contributed by atoms with van der Waals surface area (Å²) < 4.78 is 10.4. The molecule has 138 valence electrons. The Labute approximate surface area is 170 Å². The van der Waals surface area contributed by atoms with Gasteiger partial charge in [0.25, 0.3) is 0 Å². The van der Waals surface area contributed by atoms with Crippen LogP contribution in [0.25, 0.3) is 32.3 Å². The van der Waals surface area contributed by atoms with Crippen molar-refractivity contribution in [2.75, 3.05) is 6.61 Å². The average molecular weight is 405 g/mol. The molecule has 3 nitrogen and oxygen atoms in total. The maximum absolute atomic E-state index is 11.8. The lowest BCUT2D eigenvalue weighted by atomic mass is 10.0. The Balaban J connectivity index is 1.73. The molecule has 0 bridgehead atoms. The van der Waals surface area contributed by atoms with Crippen LogP contribution in [0, 0.1) is 0 Å². The molecule has 0 atom stereocenters. The second-order valence-electron chi connectivity index (χ2n) is 6.39. The first-order valence-corrected chi connectivity index (χ1v) is 10.6. The van der Waals surface area contributed by atoms with Gasteiger partial charge in [0, 0.05) is 31.9 Å². The van der Waals surface area contributed by atoms with Gasteiger partial charge in [-0.05, 0) is 41.5 Å². The molecule has 0 saturated heterocycles. The highest BCUT2D eigenvalue weighted by Crippen LogP contribution is 2.53. The number of thiophene rings is 1. The van der Waals surface area contributed by atoms with Gasteiger partial charge in [-0.15, -0.1) is 0 Å². The van der Waals surface area contributed by atoms with Gasteiger partial charge in [0.2, 0.25) is 0 Å². The minimum Gasteiger partial charge on any atom is -0.434 e. The van der Waals surface area contributed by atoms with Crippen molar-refractivity contribution in [3.8, 4) is 26.6 Å². The van der Waals surface area contributed by atoms with Gasteiger partial charge in [0.05, 0.1) is 6.61 Å². The summed E-state index contributed by atoms with van der Waals surface area (Å²) in [6.07, 6.45) is -0.666. The zero-order chi connectivity index (χ0) is 19.1. The Morgan fingerprint density at radius 2 is 1.61 bits per heavy atom. The highest BCUT2D eigenvalue weighted by molar-refractivity contribution is 7.99. The van der Waals surface area contributed by atoms with E-state index in [-0.39, 0.29) is 6.61 Å². The molecule has 0 N–H and O–H groups in total. The van der Waals surface area contributed by atoms with E-state index in [4.69, 9.17) is 9.47 Å². The van der Waals surface area contributed by atoms with Gasteiger partial charge in [-0.3, -0.25) is 0 Å². The molecular formula is C23H16O3S2. The average Bonchev–Trinajstić information content (AvgIpc) is 3.06. The van der Waals surface area contributed by atoms with Crippen LogP contribution >= 0.6 is 23.1 Å². The predicted molar refractivity (Wildman–Crippen MR) is 114 cm³/mol. The number of hydrogen-bond donors (Lipinski definition) is 0. The number of benzene rings is 3. The van der Waals surface area contributed by atoms with E-state index in [0.29, 0.717) is 5.06 Å². The summed E-state index contributed by atoms with van der Waals surface area (Å²) in [6, 6.07) is 23.1. The van der Waals surface area contributed by atoms with Crippen molar-refractivity contribution in [2.24, 2.45) is 0 Å². The minimum atomic E-state index is -0.666. The van der Waals surface area contributed by atoms with Crippen LogP contribution in [0.1, 0.15) is 6.92 Å². The molecule has 1 aromatic heterocycles. The summed E-state index contributed by atoms with van der Waals surface area (Å²) in [4.78, 5) is 15.3. The smallest absolute Gasteiger partial charge is 0.434 e. The summed E-state index contributed by atoms with van der Waals surface area (Å²) in [7, 11) is 0. The fraction of sp³-hybridized carbons (Fsp3) is 0.0870. The molecule has 0 fully saturated rings. The summed E-state index contributed by atoms with van der Waals surface area (Å²) in [6.45, 7) is 2.05. The molecule has 0 aliphatic carbocycles. The number of rotatable bonds is 2. The monoisotopic (exact) mass is 404 g/mol. The molecule has 1 aliphatic rings. The van der Waals surface area contributed by atoms with Crippen molar-refractivity contribution in [1.29, 1.82) is 0 Å². The topological polar surface area (TPSA) is 35.5 Å². The van der Waals surface area contributed by atoms with Crippen LogP contribution < -0.4 is 4.74 Å². The predicted octanol–water partition coefficient (Wildman–Crippen LogP) is 7.24. The van der Waals surface area contributed by atoms with Gasteiger partial charge in [-0.25, -0.2) is 4.79 Å². The van der Waals surface area contributed by atoms with E-state index in [9.17, 15) is 4.79 Å². The summed E-state index contributed by atoms with van der Waals surface area (Å²) in [5, 5.41) is 2.96. The molecule has 0 amide bonds. The highest BCUT2D eigenvalue weighted by Gasteiger charge is 2.24. The van der Waals surface area contributed by atoms with E-state index in [0.717, 1.165) is 16.0 Å². The van der Waals surface area contributed by atoms with Crippen LogP contribution in [0.5, 0.6) is 5.06 Å². The van der Waals surface area contributed by atoms with Gasteiger partial charge < -0.3 is 9.47 Å². The third-order valence-corrected chi connectivity index (χ3v) is 6.83. The number of ether oxygens (including phenoxy) is 2. The molecule has 5 rings (SSSR count). The third-order valence-electron chi connectivity index (χ3n) is 4.65. The normalized spacial score (nSPS) is 11.9. The van der Waals surface area contributed by atoms with Gasteiger partial charge in [-0.2, -0.15) is 0 Å². The van der Waals surface area contributed by atoms with Gasteiger partial charge in [0.15, 0.2) is 5.06 Å². The maximum Gasteiger partial charge on any atom is 0.514 e. The highest BCUT2D eigenvalue weighted by atomic mass is 32.2. The second-order valence-corrected chi connectivity index (χ2v) is 8.49. The Kier molecular flexibility index (Phi) is 4.34. The molecule has 0 radical (unpaired) electrons. The Morgan fingerprint density at radius 1 is 0.857 bits per heavy atom. The zero-order valence-electron chi connectivity index (χ0n) is 15.1. The lowest BCUT2D eigenvalue weighted by Gasteiger charge is -2.08. The van der Waals surface area contributed by atoms with Crippen LogP contribution in [0.2, 0.25) is 0 Å². The van der Waals surface area contributed by atoms with E-state index in [2.05, 4.69) is 54.6 Å². The number of hydrogen-bond acceptors (Lipinski definition) is 5. The van der Waals surface area contributed by atoms with Crippen LogP contribution in [0.3, 0.4) is 0 Å². The molecular weight excluding hydrogens is 388 g/mol. The number of carbonyl (C=O) groups excluding carboxylic acids is 1. The number of carbonyl (C=O) groups is 1. The zero-order valence-corrected chi connectivity index (χ0v) is 16.7. The van der Waals surface area contributed by atoms with Crippen LogP contribution in [0.4, 0.5) is 4.79 Å². The molecule has 1 aliphatic heterocycles.